The highest BCUT2D eigenvalue weighted by atomic mass is 32.2. The van der Waals surface area contributed by atoms with Crippen LogP contribution in [0.2, 0.25) is 0 Å². The Labute approximate surface area is 107 Å². The lowest BCUT2D eigenvalue weighted by molar-refractivity contribution is -0.134. The number of imide groups is 1. The molecule has 100 valence electrons. The molecule has 0 unspecified atom stereocenters. The van der Waals surface area contributed by atoms with E-state index >= 15 is 0 Å². The number of cyclic esters (lactones) is 1. The second-order valence-corrected chi connectivity index (χ2v) is 4.32. The van der Waals surface area contributed by atoms with Gasteiger partial charge in [-0.25, -0.2) is 9.69 Å². The Morgan fingerprint density at radius 1 is 1.39 bits per heavy atom. The molecular formula is C9H12N2O6S. The van der Waals surface area contributed by atoms with E-state index in [1.54, 1.807) is 0 Å². The molecule has 18 heavy (non-hydrogen) atoms. The number of rotatable bonds is 7. The average Bonchev–Trinajstić information content (AvgIpc) is 2.60. The molecule has 0 aliphatic carbocycles. The van der Waals surface area contributed by atoms with Crippen LogP contribution in [0.4, 0.5) is 4.79 Å². The molecular weight excluding hydrogens is 264 g/mol. The van der Waals surface area contributed by atoms with Crippen molar-refractivity contribution in [1.29, 1.82) is 0 Å². The van der Waals surface area contributed by atoms with E-state index < -0.39 is 18.0 Å². The normalized spacial score (nSPS) is 14.6. The summed E-state index contributed by atoms with van der Waals surface area (Å²) in [5, 5.41) is 10.8. The summed E-state index contributed by atoms with van der Waals surface area (Å²) in [7, 11) is 0. The smallest absolute Gasteiger partial charge is 0.417 e. The molecule has 1 saturated heterocycles. The minimum absolute atomic E-state index is 0.0185. The standard InChI is InChI=1S/C9H12N2O6S/c12-6(4-18-5-8(14)15)10-1-2-11-7(13)3-17-9(11)16/h1-5H2,(H,10,12)(H,14,15). The van der Waals surface area contributed by atoms with Gasteiger partial charge in [0.05, 0.1) is 11.5 Å². The highest BCUT2D eigenvalue weighted by Gasteiger charge is 2.30. The van der Waals surface area contributed by atoms with Gasteiger partial charge >= 0.3 is 12.1 Å². The molecule has 0 aromatic heterocycles. The average molecular weight is 276 g/mol. The number of nitrogens with one attached hydrogen (secondary N) is 1. The van der Waals surface area contributed by atoms with Crippen molar-refractivity contribution >= 4 is 35.6 Å². The number of aliphatic carboxylic acids is 1. The summed E-state index contributed by atoms with van der Waals surface area (Å²) in [5.74, 6) is -1.90. The largest absolute Gasteiger partial charge is 0.481 e. The van der Waals surface area contributed by atoms with Gasteiger partial charge in [-0.15, -0.1) is 11.8 Å². The zero-order chi connectivity index (χ0) is 13.5. The van der Waals surface area contributed by atoms with Gasteiger partial charge in [0, 0.05) is 13.1 Å². The molecule has 1 fully saturated rings. The minimum atomic E-state index is -0.988. The Morgan fingerprint density at radius 2 is 2.11 bits per heavy atom. The van der Waals surface area contributed by atoms with Crippen LogP contribution in [-0.2, 0) is 19.1 Å². The summed E-state index contributed by atoms with van der Waals surface area (Å²) in [5.41, 5.74) is 0. The fraction of sp³-hybridized carbons (Fsp3) is 0.556. The number of carboxylic acid groups (broad SMARTS) is 1. The van der Waals surface area contributed by atoms with Gasteiger partial charge in [0.15, 0.2) is 6.61 Å². The van der Waals surface area contributed by atoms with E-state index in [0.717, 1.165) is 16.7 Å². The van der Waals surface area contributed by atoms with Crippen LogP contribution < -0.4 is 5.32 Å². The van der Waals surface area contributed by atoms with E-state index in [0.29, 0.717) is 0 Å². The Kier molecular flexibility index (Phi) is 5.43. The van der Waals surface area contributed by atoms with Crippen molar-refractivity contribution in [2.24, 2.45) is 0 Å². The lowest BCUT2D eigenvalue weighted by Gasteiger charge is -2.11. The molecule has 0 aromatic rings. The first-order valence-electron chi connectivity index (χ1n) is 5.04. The molecule has 0 bridgehead atoms. The molecule has 2 N–H and O–H groups in total. The summed E-state index contributed by atoms with van der Waals surface area (Å²) in [4.78, 5) is 44.4. The number of amides is 3. The van der Waals surface area contributed by atoms with E-state index in [-0.39, 0.29) is 37.1 Å². The summed E-state index contributed by atoms with van der Waals surface area (Å²) < 4.78 is 4.48. The second-order valence-electron chi connectivity index (χ2n) is 3.34. The highest BCUT2D eigenvalue weighted by molar-refractivity contribution is 8.00. The third kappa shape index (κ3) is 4.62. The van der Waals surface area contributed by atoms with Gasteiger partial charge in [-0.2, -0.15) is 0 Å². The lowest BCUT2D eigenvalue weighted by atomic mass is 10.5. The quantitative estimate of drug-likeness (QED) is 0.606. The topological polar surface area (TPSA) is 113 Å². The molecule has 0 saturated carbocycles. The van der Waals surface area contributed by atoms with Crippen LogP contribution in [0.5, 0.6) is 0 Å². The van der Waals surface area contributed by atoms with E-state index in [1.165, 1.54) is 0 Å². The third-order valence-electron chi connectivity index (χ3n) is 1.96. The van der Waals surface area contributed by atoms with Crippen LogP contribution in [-0.4, -0.2) is 65.1 Å². The first-order chi connectivity index (χ1) is 8.50. The summed E-state index contributed by atoms with van der Waals surface area (Å²) in [6, 6.07) is 0. The van der Waals surface area contributed by atoms with Gasteiger partial charge in [-0.05, 0) is 0 Å². The van der Waals surface area contributed by atoms with Crippen molar-refractivity contribution in [3.8, 4) is 0 Å². The molecule has 1 aliphatic heterocycles. The van der Waals surface area contributed by atoms with Gasteiger partial charge in [-0.1, -0.05) is 0 Å². The predicted octanol–water partition coefficient (Wildman–Crippen LogP) is -1.10. The summed E-state index contributed by atoms with van der Waals surface area (Å²) >= 11 is 0.969. The Hall–Kier alpha value is -1.77. The van der Waals surface area contributed by atoms with Crippen molar-refractivity contribution in [1.82, 2.24) is 10.2 Å². The molecule has 1 rings (SSSR count). The molecule has 1 aliphatic rings. The molecule has 1 heterocycles. The summed E-state index contributed by atoms with van der Waals surface area (Å²) in [6.45, 7) is -0.0957. The molecule has 3 amide bonds. The van der Waals surface area contributed by atoms with Gasteiger partial charge < -0.3 is 15.2 Å². The van der Waals surface area contributed by atoms with Gasteiger partial charge in [-0.3, -0.25) is 14.4 Å². The fourth-order valence-electron chi connectivity index (χ4n) is 1.19. The monoisotopic (exact) mass is 276 g/mol. The lowest BCUT2D eigenvalue weighted by Crippen LogP contribution is -2.38. The van der Waals surface area contributed by atoms with Gasteiger partial charge in [0.25, 0.3) is 5.91 Å². The summed E-state index contributed by atoms with van der Waals surface area (Å²) in [6.07, 6.45) is -0.713. The molecule has 0 aromatic carbocycles. The van der Waals surface area contributed by atoms with Crippen molar-refractivity contribution in [2.45, 2.75) is 0 Å². The minimum Gasteiger partial charge on any atom is -0.481 e. The highest BCUT2D eigenvalue weighted by Crippen LogP contribution is 2.03. The maximum atomic E-state index is 11.2. The van der Waals surface area contributed by atoms with E-state index in [2.05, 4.69) is 10.1 Å². The maximum Gasteiger partial charge on any atom is 0.417 e. The maximum absolute atomic E-state index is 11.2. The van der Waals surface area contributed by atoms with Crippen molar-refractivity contribution in [3.05, 3.63) is 0 Å². The Morgan fingerprint density at radius 3 is 2.67 bits per heavy atom. The van der Waals surface area contributed by atoms with Crippen molar-refractivity contribution in [2.75, 3.05) is 31.2 Å². The number of carboxylic acids is 1. The van der Waals surface area contributed by atoms with Crippen molar-refractivity contribution < 1.29 is 29.0 Å². The molecule has 9 heteroatoms. The SMILES string of the molecule is O=C(O)CSCC(=O)NCCN1C(=O)COC1=O. The Balaban J connectivity index is 2.13. The van der Waals surface area contributed by atoms with Crippen LogP contribution in [0.3, 0.4) is 0 Å². The van der Waals surface area contributed by atoms with Crippen LogP contribution >= 0.6 is 11.8 Å². The fourth-order valence-corrected chi connectivity index (χ4v) is 1.75. The molecule has 0 atom stereocenters. The second kappa shape index (κ2) is 6.84. The number of carbonyl (C=O) groups excluding carboxylic acids is 3. The van der Waals surface area contributed by atoms with E-state index in [4.69, 9.17) is 5.11 Å². The van der Waals surface area contributed by atoms with Gasteiger partial charge in [0.1, 0.15) is 0 Å². The third-order valence-corrected chi connectivity index (χ3v) is 2.87. The van der Waals surface area contributed by atoms with Crippen LogP contribution in [0.25, 0.3) is 0 Å². The molecule has 0 spiro atoms. The zero-order valence-electron chi connectivity index (χ0n) is 9.38. The molecule has 0 radical (unpaired) electrons. The van der Waals surface area contributed by atoms with Crippen LogP contribution in [0, 0.1) is 0 Å². The van der Waals surface area contributed by atoms with Crippen LogP contribution in [0.1, 0.15) is 0 Å². The number of carbonyl (C=O) groups is 4. The number of thioether (sulfide) groups is 1. The first kappa shape index (κ1) is 14.3. The first-order valence-corrected chi connectivity index (χ1v) is 6.19. The predicted molar refractivity (Wildman–Crippen MR) is 61.0 cm³/mol. The van der Waals surface area contributed by atoms with Gasteiger partial charge in [0.2, 0.25) is 5.91 Å². The van der Waals surface area contributed by atoms with Crippen LogP contribution in [0.15, 0.2) is 0 Å². The number of nitrogens with zero attached hydrogens (tertiary/aromatic N) is 1. The number of hydrogen-bond donors (Lipinski definition) is 2. The van der Waals surface area contributed by atoms with Crippen molar-refractivity contribution in [3.63, 3.8) is 0 Å². The van der Waals surface area contributed by atoms with E-state index in [1.807, 2.05) is 0 Å². The van der Waals surface area contributed by atoms with E-state index in [9.17, 15) is 19.2 Å². The number of ether oxygens (including phenoxy) is 1. The Bertz CT molecular complexity index is 356. The number of hydrogen-bond acceptors (Lipinski definition) is 6. The molecule has 8 nitrogen and oxygen atoms in total. The zero-order valence-corrected chi connectivity index (χ0v) is 10.2.